The van der Waals surface area contributed by atoms with E-state index in [0.29, 0.717) is 24.7 Å². The number of rotatable bonds is 8. The molecule has 1 aromatic rings. The van der Waals surface area contributed by atoms with Crippen molar-refractivity contribution >= 4 is 17.9 Å². The summed E-state index contributed by atoms with van der Waals surface area (Å²) in [5.41, 5.74) is 0.492. The summed E-state index contributed by atoms with van der Waals surface area (Å²) in [4.78, 5) is 25.9. The first-order chi connectivity index (χ1) is 12.2. The fourth-order valence-electron chi connectivity index (χ4n) is 2.31. The normalized spacial score (nSPS) is 11.3. The molecule has 6 heteroatoms. The van der Waals surface area contributed by atoms with E-state index < -0.39 is 0 Å². The van der Waals surface area contributed by atoms with Gasteiger partial charge in [-0.1, -0.05) is 6.07 Å². The molecule has 1 N–H and O–H groups in total. The van der Waals surface area contributed by atoms with Crippen LogP contribution in [-0.2, 0) is 9.59 Å². The van der Waals surface area contributed by atoms with Crippen molar-refractivity contribution in [1.29, 1.82) is 0 Å². The van der Waals surface area contributed by atoms with Gasteiger partial charge in [0.1, 0.15) is 0 Å². The Hall–Kier alpha value is -2.50. The highest BCUT2D eigenvalue weighted by Gasteiger charge is 2.18. The zero-order chi connectivity index (χ0) is 19.7. The molecule has 0 atom stereocenters. The Labute approximate surface area is 156 Å². The van der Waals surface area contributed by atoms with E-state index >= 15 is 0 Å². The monoisotopic (exact) mass is 362 g/mol. The molecule has 0 saturated carbocycles. The Morgan fingerprint density at radius 2 is 1.88 bits per heavy atom. The average molecular weight is 362 g/mol. The molecule has 0 saturated heterocycles. The molecule has 1 rings (SSSR count). The van der Waals surface area contributed by atoms with Gasteiger partial charge in [-0.15, -0.1) is 0 Å². The van der Waals surface area contributed by atoms with Gasteiger partial charge in [0.2, 0.25) is 11.8 Å². The SMILES string of the molecule is CCOc1cc(/C=C/C(=O)N(CC)CC(=O)NC(C)(C)C)ccc1OC. The van der Waals surface area contributed by atoms with Crippen LogP contribution in [0.25, 0.3) is 6.08 Å². The second-order valence-corrected chi connectivity index (χ2v) is 6.83. The molecule has 0 aliphatic heterocycles. The largest absolute Gasteiger partial charge is 0.493 e. The minimum atomic E-state index is -0.325. The Bertz CT molecular complexity index is 648. The summed E-state index contributed by atoms with van der Waals surface area (Å²) >= 11 is 0. The molecule has 0 radical (unpaired) electrons. The van der Waals surface area contributed by atoms with E-state index in [1.165, 1.54) is 11.0 Å². The molecule has 6 nitrogen and oxygen atoms in total. The highest BCUT2D eigenvalue weighted by molar-refractivity contribution is 5.94. The number of hydrogen-bond donors (Lipinski definition) is 1. The summed E-state index contributed by atoms with van der Waals surface area (Å²) in [6, 6.07) is 5.45. The maximum absolute atomic E-state index is 12.4. The van der Waals surface area contributed by atoms with Crippen molar-refractivity contribution in [1.82, 2.24) is 10.2 Å². The van der Waals surface area contributed by atoms with Crippen LogP contribution in [-0.4, -0.2) is 49.1 Å². The fourth-order valence-corrected chi connectivity index (χ4v) is 2.31. The molecular weight excluding hydrogens is 332 g/mol. The molecule has 0 fully saturated rings. The first-order valence-corrected chi connectivity index (χ1v) is 8.79. The van der Waals surface area contributed by atoms with Crippen molar-refractivity contribution in [2.75, 3.05) is 26.8 Å². The first-order valence-electron chi connectivity index (χ1n) is 8.79. The van der Waals surface area contributed by atoms with Crippen LogP contribution in [0.15, 0.2) is 24.3 Å². The Kier molecular flexibility index (Phi) is 8.16. The Balaban J connectivity index is 2.80. The number of nitrogens with zero attached hydrogens (tertiary/aromatic N) is 1. The minimum absolute atomic E-state index is 0.0315. The van der Waals surface area contributed by atoms with Crippen molar-refractivity contribution in [2.24, 2.45) is 0 Å². The second-order valence-electron chi connectivity index (χ2n) is 6.83. The number of methoxy groups -OCH3 is 1. The predicted octanol–water partition coefficient (Wildman–Crippen LogP) is 2.87. The number of benzene rings is 1. The molecular formula is C20H30N2O4. The van der Waals surface area contributed by atoms with Crippen LogP contribution in [0.3, 0.4) is 0 Å². The second kappa shape index (κ2) is 9.85. The van der Waals surface area contributed by atoms with Crippen LogP contribution < -0.4 is 14.8 Å². The zero-order valence-corrected chi connectivity index (χ0v) is 16.6. The number of ether oxygens (including phenoxy) is 2. The van der Waals surface area contributed by atoms with Crippen molar-refractivity contribution in [2.45, 2.75) is 40.2 Å². The lowest BCUT2D eigenvalue weighted by Gasteiger charge is -2.24. The maximum Gasteiger partial charge on any atom is 0.247 e. The quantitative estimate of drug-likeness (QED) is 0.722. The molecule has 1 aromatic carbocycles. The molecule has 144 valence electrons. The number of amides is 2. The number of carbonyl (C=O) groups is 2. The molecule has 0 aliphatic rings. The third-order valence-electron chi connectivity index (χ3n) is 3.45. The van der Waals surface area contributed by atoms with Crippen LogP contribution in [0.5, 0.6) is 11.5 Å². The van der Waals surface area contributed by atoms with Gasteiger partial charge in [-0.2, -0.15) is 0 Å². The first kappa shape index (κ1) is 21.5. The number of nitrogens with one attached hydrogen (secondary N) is 1. The Morgan fingerprint density at radius 3 is 2.42 bits per heavy atom. The van der Waals surface area contributed by atoms with Gasteiger partial charge in [-0.05, 0) is 58.4 Å². The third-order valence-corrected chi connectivity index (χ3v) is 3.45. The lowest BCUT2D eigenvalue weighted by atomic mass is 10.1. The van der Waals surface area contributed by atoms with Gasteiger partial charge >= 0.3 is 0 Å². The van der Waals surface area contributed by atoms with Crippen molar-refractivity contribution in [3.05, 3.63) is 29.8 Å². The van der Waals surface area contributed by atoms with Gasteiger partial charge in [0, 0.05) is 18.2 Å². The molecule has 0 spiro atoms. The van der Waals surface area contributed by atoms with Gasteiger partial charge in [0.15, 0.2) is 11.5 Å². The van der Waals surface area contributed by atoms with Gasteiger partial charge in [0.25, 0.3) is 0 Å². The number of hydrogen-bond acceptors (Lipinski definition) is 4. The summed E-state index contributed by atoms with van der Waals surface area (Å²) in [6.07, 6.45) is 3.17. The Morgan fingerprint density at radius 1 is 1.19 bits per heavy atom. The topological polar surface area (TPSA) is 67.9 Å². The molecule has 0 unspecified atom stereocenters. The standard InChI is InChI=1S/C20H30N2O4/c1-7-22(14-18(23)21-20(3,4)5)19(24)12-10-15-9-11-16(25-6)17(13-15)26-8-2/h9-13H,7-8,14H2,1-6H3,(H,21,23)/b12-10+. The van der Waals surface area contributed by atoms with Crippen molar-refractivity contribution in [3.63, 3.8) is 0 Å². The van der Waals surface area contributed by atoms with E-state index in [1.807, 2.05) is 46.8 Å². The highest BCUT2D eigenvalue weighted by Crippen LogP contribution is 2.28. The smallest absolute Gasteiger partial charge is 0.247 e. The van der Waals surface area contributed by atoms with Crippen molar-refractivity contribution < 1.29 is 19.1 Å². The van der Waals surface area contributed by atoms with Crippen LogP contribution in [0.1, 0.15) is 40.2 Å². The molecule has 0 bridgehead atoms. The maximum atomic E-state index is 12.4. The average Bonchev–Trinajstić information content (AvgIpc) is 2.56. The van der Waals surface area contributed by atoms with E-state index in [0.717, 1.165) is 5.56 Å². The van der Waals surface area contributed by atoms with Crippen LogP contribution in [0.4, 0.5) is 0 Å². The van der Waals surface area contributed by atoms with E-state index in [1.54, 1.807) is 19.3 Å². The summed E-state index contributed by atoms with van der Waals surface area (Å²) in [6.45, 7) is 10.5. The van der Waals surface area contributed by atoms with E-state index in [2.05, 4.69) is 5.32 Å². The van der Waals surface area contributed by atoms with Crippen LogP contribution >= 0.6 is 0 Å². The molecule has 0 aliphatic carbocycles. The number of likely N-dealkylation sites (N-methyl/N-ethyl adjacent to an activating group) is 1. The number of carbonyl (C=O) groups excluding carboxylic acids is 2. The zero-order valence-electron chi connectivity index (χ0n) is 16.6. The fraction of sp³-hybridized carbons (Fsp3) is 0.500. The highest BCUT2D eigenvalue weighted by atomic mass is 16.5. The molecule has 2 amide bonds. The van der Waals surface area contributed by atoms with Crippen molar-refractivity contribution in [3.8, 4) is 11.5 Å². The lowest BCUT2D eigenvalue weighted by molar-refractivity contribution is -0.132. The van der Waals surface area contributed by atoms with Gasteiger partial charge < -0.3 is 19.7 Å². The third kappa shape index (κ3) is 7.17. The van der Waals surface area contributed by atoms with Crippen LogP contribution in [0.2, 0.25) is 0 Å². The van der Waals surface area contributed by atoms with Crippen LogP contribution in [0, 0.1) is 0 Å². The summed E-state index contributed by atoms with van der Waals surface area (Å²) in [5.74, 6) is 0.875. The van der Waals surface area contributed by atoms with E-state index in [-0.39, 0.29) is 23.9 Å². The summed E-state index contributed by atoms with van der Waals surface area (Å²) in [7, 11) is 1.58. The lowest BCUT2D eigenvalue weighted by Crippen LogP contribution is -2.47. The summed E-state index contributed by atoms with van der Waals surface area (Å²) < 4.78 is 10.8. The van der Waals surface area contributed by atoms with Gasteiger partial charge in [-0.3, -0.25) is 9.59 Å². The molecule has 0 heterocycles. The van der Waals surface area contributed by atoms with Gasteiger partial charge in [0.05, 0.1) is 20.3 Å². The molecule has 0 aromatic heterocycles. The predicted molar refractivity (Wildman–Crippen MR) is 103 cm³/mol. The van der Waals surface area contributed by atoms with E-state index in [9.17, 15) is 9.59 Å². The summed E-state index contributed by atoms with van der Waals surface area (Å²) in [5, 5.41) is 2.86. The molecule has 26 heavy (non-hydrogen) atoms. The minimum Gasteiger partial charge on any atom is -0.493 e. The van der Waals surface area contributed by atoms with Gasteiger partial charge in [-0.25, -0.2) is 0 Å². The van der Waals surface area contributed by atoms with E-state index in [4.69, 9.17) is 9.47 Å².